The highest BCUT2D eigenvalue weighted by Gasteiger charge is 2.35. The van der Waals surface area contributed by atoms with Crippen LogP contribution in [0.3, 0.4) is 0 Å². The van der Waals surface area contributed by atoms with E-state index < -0.39 is 5.91 Å². The van der Waals surface area contributed by atoms with Crippen molar-refractivity contribution in [3.63, 3.8) is 0 Å². The van der Waals surface area contributed by atoms with Crippen LogP contribution in [0.15, 0.2) is 63.0 Å². The normalized spacial score (nSPS) is 16.9. The van der Waals surface area contributed by atoms with Gasteiger partial charge in [-0.2, -0.15) is 15.1 Å². The van der Waals surface area contributed by atoms with Gasteiger partial charge in [0.05, 0.1) is 19.8 Å². The minimum absolute atomic E-state index is 0.0266. The summed E-state index contributed by atoms with van der Waals surface area (Å²) in [6.45, 7) is 0. The third kappa shape index (κ3) is 4.38. The van der Waals surface area contributed by atoms with Crippen molar-refractivity contribution in [3.8, 4) is 11.5 Å². The molecule has 0 unspecified atom stereocenters. The topological polar surface area (TPSA) is 87.3 Å². The average Bonchev–Trinajstić information content (AvgIpc) is 3.19. The van der Waals surface area contributed by atoms with Crippen LogP contribution in [-0.4, -0.2) is 47.4 Å². The Balaban J connectivity index is 1.56. The van der Waals surface area contributed by atoms with Crippen molar-refractivity contribution in [2.24, 2.45) is 10.1 Å². The molecule has 0 saturated heterocycles. The second-order valence-electron chi connectivity index (χ2n) is 6.65. The van der Waals surface area contributed by atoms with Crippen LogP contribution < -0.4 is 9.47 Å². The molecule has 31 heavy (non-hydrogen) atoms. The average molecular weight is 453 g/mol. The molecule has 2 aliphatic heterocycles. The van der Waals surface area contributed by atoms with Gasteiger partial charge in [-0.05, 0) is 59.5 Å². The first-order valence-corrected chi connectivity index (χ1v) is 11.4. The van der Waals surface area contributed by atoms with Gasteiger partial charge in [-0.15, -0.1) is 11.8 Å². The zero-order valence-corrected chi connectivity index (χ0v) is 18.8. The number of amides is 1. The molecule has 2 heterocycles. The van der Waals surface area contributed by atoms with Gasteiger partial charge in [0.2, 0.25) is 5.17 Å². The smallest absolute Gasteiger partial charge is 0.283 e. The van der Waals surface area contributed by atoms with Gasteiger partial charge in [-0.25, -0.2) is 0 Å². The number of benzene rings is 2. The number of carbonyl (C=O) groups excluding carboxylic acids is 1. The fourth-order valence-electron chi connectivity index (χ4n) is 3.14. The minimum Gasteiger partial charge on any atom is -0.493 e. The molecule has 0 radical (unpaired) electrons. The van der Waals surface area contributed by atoms with Crippen molar-refractivity contribution in [2.75, 3.05) is 20.5 Å². The van der Waals surface area contributed by atoms with E-state index in [2.05, 4.69) is 10.1 Å². The van der Waals surface area contributed by atoms with Crippen molar-refractivity contribution in [3.05, 3.63) is 59.2 Å². The highest BCUT2D eigenvalue weighted by molar-refractivity contribution is 8.26. The molecule has 9 heteroatoms. The number of hydrazone groups is 1. The van der Waals surface area contributed by atoms with Crippen LogP contribution in [0.4, 0.5) is 0 Å². The molecule has 0 fully saturated rings. The van der Waals surface area contributed by atoms with Crippen LogP contribution in [0.5, 0.6) is 11.5 Å². The minimum atomic E-state index is -0.430. The molecule has 7 nitrogen and oxygen atoms in total. The van der Waals surface area contributed by atoms with Crippen LogP contribution in [0.1, 0.15) is 11.1 Å². The van der Waals surface area contributed by atoms with Gasteiger partial charge in [0.25, 0.3) is 5.91 Å². The van der Waals surface area contributed by atoms with Gasteiger partial charge in [0.15, 0.2) is 17.3 Å². The monoisotopic (exact) mass is 452 g/mol. The third-order valence-electron chi connectivity index (χ3n) is 4.73. The Kier molecular flexibility index (Phi) is 6.15. The summed E-state index contributed by atoms with van der Waals surface area (Å²) in [5.41, 5.74) is 2.04. The van der Waals surface area contributed by atoms with Gasteiger partial charge in [-0.1, -0.05) is 18.2 Å². The van der Waals surface area contributed by atoms with E-state index in [1.807, 2.05) is 48.7 Å². The SMILES string of the molecule is COc1ccc(CC2=NN3C(=N)/C(=C/c4ccc(SC)cc4)C(=O)N=C3S2)cc1OC. The highest BCUT2D eigenvalue weighted by atomic mass is 32.2. The summed E-state index contributed by atoms with van der Waals surface area (Å²) in [5.74, 6) is 0.889. The maximum atomic E-state index is 12.6. The van der Waals surface area contributed by atoms with E-state index in [9.17, 15) is 4.79 Å². The number of aliphatic imine (C=N–C) groups is 1. The molecule has 1 N–H and O–H groups in total. The first-order chi connectivity index (χ1) is 15.0. The lowest BCUT2D eigenvalue weighted by Gasteiger charge is -2.20. The van der Waals surface area contributed by atoms with E-state index in [-0.39, 0.29) is 11.4 Å². The number of nitrogens with one attached hydrogen (secondary N) is 1. The molecule has 0 spiro atoms. The number of methoxy groups -OCH3 is 2. The largest absolute Gasteiger partial charge is 0.493 e. The number of carbonyl (C=O) groups is 1. The van der Waals surface area contributed by atoms with Crippen LogP contribution in [0.2, 0.25) is 0 Å². The van der Waals surface area contributed by atoms with E-state index in [1.165, 1.54) is 16.8 Å². The summed E-state index contributed by atoms with van der Waals surface area (Å²) in [6.07, 6.45) is 4.21. The molecule has 1 amide bonds. The Bertz CT molecular complexity index is 1140. The summed E-state index contributed by atoms with van der Waals surface area (Å²) in [5, 5.41) is 15.6. The number of ether oxygens (including phenoxy) is 2. The first kappa shape index (κ1) is 21.2. The molecule has 0 bridgehead atoms. The molecule has 2 aliphatic rings. The number of hydrogen-bond acceptors (Lipinski definition) is 7. The molecular formula is C22H20N4O3S2. The summed E-state index contributed by atoms with van der Waals surface area (Å²) < 4.78 is 10.6. The Labute approximate surface area is 188 Å². The molecule has 0 aliphatic carbocycles. The first-order valence-electron chi connectivity index (χ1n) is 9.36. The van der Waals surface area contributed by atoms with E-state index in [4.69, 9.17) is 14.9 Å². The molecule has 0 atom stereocenters. The Morgan fingerprint density at radius 3 is 2.55 bits per heavy atom. The van der Waals surface area contributed by atoms with Crippen molar-refractivity contribution >= 4 is 51.6 Å². The summed E-state index contributed by atoms with van der Waals surface area (Å²) in [7, 11) is 3.18. The maximum Gasteiger partial charge on any atom is 0.283 e. The van der Waals surface area contributed by atoms with Gasteiger partial charge in [0, 0.05) is 11.3 Å². The quantitative estimate of drug-likeness (QED) is 0.520. The number of rotatable bonds is 6. The van der Waals surface area contributed by atoms with E-state index in [0.717, 1.165) is 21.1 Å². The second-order valence-corrected chi connectivity index (χ2v) is 8.57. The summed E-state index contributed by atoms with van der Waals surface area (Å²) in [6, 6.07) is 13.5. The molecule has 158 valence electrons. The lowest BCUT2D eigenvalue weighted by Crippen LogP contribution is -2.35. The predicted molar refractivity (Wildman–Crippen MR) is 126 cm³/mol. The van der Waals surface area contributed by atoms with Crippen LogP contribution in [0, 0.1) is 5.41 Å². The molecule has 4 rings (SSSR count). The zero-order chi connectivity index (χ0) is 22.0. The maximum absolute atomic E-state index is 12.6. The van der Waals surface area contributed by atoms with Gasteiger partial charge < -0.3 is 9.47 Å². The Morgan fingerprint density at radius 1 is 1.13 bits per heavy atom. The number of fused-ring (bicyclic) bond motifs is 1. The number of thioether (sulfide) groups is 2. The fourth-order valence-corrected chi connectivity index (χ4v) is 4.46. The number of hydrogen-bond donors (Lipinski definition) is 1. The number of amidine groups is 2. The second kappa shape index (κ2) is 8.99. The van der Waals surface area contributed by atoms with Crippen molar-refractivity contribution < 1.29 is 14.3 Å². The lowest BCUT2D eigenvalue weighted by molar-refractivity contribution is -0.114. The molecule has 0 saturated carbocycles. The van der Waals surface area contributed by atoms with Gasteiger partial charge in [-0.3, -0.25) is 10.2 Å². The van der Waals surface area contributed by atoms with Gasteiger partial charge >= 0.3 is 0 Å². The fraction of sp³-hybridized carbons (Fsp3) is 0.182. The standard InChI is InChI=1S/C22H20N4O3S2/c1-28-17-9-6-14(11-18(17)29-2)12-19-25-26-20(23)16(21(27)24-22(26)31-19)10-13-4-7-15(30-3)8-5-13/h4-11,23H,12H2,1-3H3/b16-10-,23-20?. The third-order valence-corrected chi connectivity index (χ3v) is 6.38. The highest BCUT2D eigenvalue weighted by Crippen LogP contribution is 2.32. The number of nitrogens with zero attached hydrogens (tertiary/aromatic N) is 3. The van der Waals surface area contributed by atoms with Crippen molar-refractivity contribution in [1.82, 2.24) is 5.01 Å². The summed E-state index contributed by atoms with van der Waals surface area (Å²) in [4.78, 5) is 17.9. The molecule has 2 aromatic carbocycles. The van der Waals surface area contributed by atoms with Crippen LogP contribution >= 0.6 is 23.5 Å². The molecular weight excluding hydrogens is 432 g/mol. The Morgan fingerprint density at radius 2 is 1.87 bits per heavy atom. The zero-order valence-electron chi connectivity index (χ0n) is 17.2. The van der Waals surface area contributed by atoms with E-state index in [0.29, 0.717) is 23.1 Å². The van der Waals surface area contributed by atoms with Gasteiger partial charge in [0.1, 0.15) is 5.04 Å². The Hall–Kier alpha value is -3.04. The lowest BCUT2D eigenvalue weighted by atomic mass is 10.1. The molecule has 0 aromatic heterocycles. The molecule has 2 aromatic rings. The van der Waals surface area contributed by atoms with E-state index in [1.54, 1.807) is 32.1 Å². The van der Waals surface area contributed by atoms with Crippen LogP contribution in [0.25, 0.3) is 6.08 Å². The summed E-state index contributed by atoms with van der Waals surface area (Å²) >= 11 is 2.94. The predicted octanol–water partition coefficient (Wildman–Crippen LogP) is 4.29. The van der Waals surface area contributed by atoms with Crippen molar-refractivity contribution in [2.45, 2.75) is 11.3 Å². The van der Waals surface area contributed by atoms with E-state index >= 15 is 0 Å². The van der Waals surface area contributed by atoms with Crippen molar-refractivity contribution in [1.29, 1.82) is 5.41 Å². The van der Waals surface area contributed by atoms with Crippen LogP contribution in [-0.2, 0) is 11.2 Å².